The highest BCUT2D eigenvalue weighted by atomic mass is 79.9. The Kier molecular flexibility index (Phi) is 5.30. The van der Waals surface area contributed by atoms with Crippen LogP contribution in [0, 0.1) is 0 Å². The van der Waals surface area contributed by atoms with Gasteiger partial charge in [0.25, 0.3) is 0 Å². The first-order chi connectivity index (χ1) is 9.72. The van der Waals surface area contributed by atoms with Crippen molar-refractivity contribution in [2.75, 3.05) is 19.0 Å². The molecule has 2 rings (SSSR count). The summed E-state index contributed by atoms with van der Waals surface area (Å²) in [5.41, 5.74) is 2.22. The van der Waals surface area contributed by atoms with Crippen molar-refractivity contribution in [2.45, 2.75) is 13.5 Å². The van der Waals surface area contributed by atoms with Gasteiger partial charge in [0.1, 0.15) is 11.5 Å². The number of rotatable bonds is 6. The van der Waals surface area contributed by atoms with E-state index in [0.29, 0.717) is 6.61 Å². The lowest BCUT2D eigenvalue weighted by molar-refractivity contribution is 0.340. The molecule has 3 nitrogen and oxygen atoms in total. The number of anilines is 1. The molecule has 0 saturated heterocycles. The zero-order valence-corrected chi connectivity index (χ0v) is 13.2. The molecule has 0 aliphatic carbocycles. The van der Waals surface area contributed by atoms with Gasteiger partial charge in [0.2, 0.25) is 0 Å². The maximum absolute atomic E-state index is 5.50. The van der Waals surface area contributed by atoms with Gasteiger partial charge in [-0.15, -0.1) is 0 Å². The van der Waals surface area contributed by atoms with Crippen molar-refractivity contribution in [3.8, 4) is 11.5 Å². The van der Waals surface area contributed by atoms with Crippen LogP contribution in [0.1, 0.15) is 12.5 Å². The molecule has 20 heavy (non-hydrogen) atoms. The second-order valence-corrected chi connectivity index (χ2v) is 5.14. The Labute approximate surface area is 128 Å². The first-order valence-electron chi connectivity index (χ1n) is 6.52. The van der Waals surface area contributed by atoms with Gasteiger partial charge < -0.3 is 14.8 Å². The van der Waals surface area contributed by atoms with Crippen LogP contribution in [-0.2, 0) is 6.54 Å². The molecule has 106 valence electrons. The first-order valence-corrected chi connectivity index (χ1v) is 7.31. The van der Waals surface area contributed by atoms with E-state index >= 15 is 0 Å². The lowest BCUT2D eigenvalue weighted by atomic mass is 10.2. The predicted octanol–water partition coefficient (Wildman–Crippen LogP) is 4.47. The van der Waals surface area contributed by atoms with E-state index in [0.717, 1.165) is 28.2 Å². The predicted molar refractivity (Wildman–Crippen MR) is 85.6 cm³/mol. The number of nitrogens with one attached hydrogen (secondary N) is 1. The van der Waals surface area contributed by atoms with Crippen LogP contribution in [0.3, 0.4) is 0 Å². The zero-order chi connectivity index (χ0) is 14.4. The molecule has 0 amide bonds. The van der Waals surface area contributed by atoms with Crippen LogP contribution in [0.2, 0.25) is 0 Å². The van der Waals surface area contributed by atoms with Crippen LogP contribution < -0.4 is 14.8 Å². The SMILES string of the molecule is CCOc1cccc(CNc2ccc(OC)c(Br)c2)c1. The fourth-order valence-corrected chi connectivity index (χ4v) is 2.43. The molecule has 1 N–H and O–H groups in total. The number of ether oxygens (including phenoxy) is 2. The Balaban J connectivity index is 2.01. The Morgan fingerprint density at radius 1 is 1.15 bits per heavy atom. The van der Waals surface area contributed by atoms with Crippen molar-refractivity contribution in [3.05, 3.63) is 52.5 Å². The summed E-state index contributed by atoms with van der Waals surface area (Å²) >= 11 is 3.48. The van der Waals surface area contributed by atoms with Gasteiger partial charge >= 0.3 is 0 Å². The van der Waals surface area contributed by atoms with Crippen molar-refractivity contribution in [1.29, 1.82) is 0 Å². The first kappa shape index (κ1) is 14.7. The van der Waals surface area contributed by atoms with Gasteiger partial charge in [0, 0.05) is 12.2 Å². The third-order valence-electron chi connectivity index (χ3n) is 2.86. The van der Waals surface area contributed by atoms with E-state index in [2.05, 4.69) is 33.4 Å². The molecule has 0 aliphatic rings. The van der Waals surface area contributed by atoms with E-state index in [9.17, 15) is 0 Å². The molecule has 0 saturated carbocycles. The minimum atomic E-state index is 0.683. The Hall–Kier alpha value is -1.68. The highest BCUT2D eigenvalue weighted by molar-refractivity contribution is 9.10. The van der Waals surface area contributed by atoms with Crippen LogP contribution in [-0.4, -0.2) is 13.7 Å². The largest absolute Gasteiger partial charge is 0.496 e. The topological polar surface area (TPSA) is 30.5 Å². The van der Waals surface area contributed by atoms with Crippen LogP contribution in [0.4, 0.5) is 5.69 Å². The zero-order valence-electron chi connectivity index (χ0n) is 11.7. The fourth-order valence-electron chi connectivity index (χ4n) is 1.89. The molecule has 0 aromatic heterocycles. The summed E-state index contributed by atoms with van der Waals surface area (Å²) in [6, 6.07) is 14.0. The molecule has 2 aromatic rings. The monoisotopic (exact) mass is 335 g/mol. The third-order valence-corrected chi connectivity index (χ3v) is 3.48. The summed E-state index contributed by atoms with van der Waals surface area (Å²) < 4.78 is 11.6. The van der Waals surface area contributed by atoms with Crippen LogP contribution in [0.15, 0.2) is 46.9 Å². The molecule has 0 aliphatic heterocycles. The highest BCUT2D eigenvalue weighted by Gasteiger charge is 2.02. The van der Waals surface area contributed by atoms with Crippen LogP contribution in [0.5, 0.6) is 11.5 Å². The van der Waals surface area contributed by atoms with Gasteiger partial charge in [-0.05, 0) is 58.7 Å². The lowest BCUT2D eigenvalue weighted by Crippen LogP contribution is -2.00. The summed E-state index contributed by atoms with van der Waals surface area (Å²) in [5, 5.41) is 3.38. The van der Waals surface area contributed by atoms with E-state index in [-0.39, 0.29) is 0 Å². The second kappa shape index (κ2) is 7.20. The van der Waals surface area contributed by atoms with E-state index in [1.165, 1.54) is 5.56 Å². The van der Waals surface area contributed by atoms with Gasteiger partial charge in [0.05, 0.1) is 18.2 Å². The summed E-state index contributed by atoms with van der Waals surface area (Å²) in [6.45, 7) is 3.42. The number of halogens is 1. The van der Waals surface area contributed by atoms with E-state index in [1.54, 1.807) is 7.11 Å². The molecule has 0 radical (unpaired) electrons. The molecule has 0 atom stereocenters. The van der Waals surface area contributed by atoms with E-state index < -0.39 is 0 Å². The van der Waals surface area contributed by atoms with E-state index in [1.807, 2.05) is 37.3 Å². The molecule has 2 aromatic carbocycles. The quantitative estimate of drug-likeness (QED) is 0.844. The average molecular weight is 336 g/mol. The molecule has 0 fully saturated rings. The van der Waals surface area contributed by atoms with E-state index in [4.69, 9.17) is 9.47 Å². The Morgan fingerprint density at radius 3 is 2.70 bits per heavy atom. The minimum Gasteiger partial charge on any atom is -0.496 e. The maximum Gasteiger partial charge on any atom is 0.133 e. The van der Waals surface area contributed by atoms with Gasteiger partial charge in [0.15, 0.2) is 0 Å². The van der Waals surface area contributed by atoms with Crippen LogP contribution >= 0.6 is 15.9 Å². The third kappa shape index (κ3) is 3.90. The summed E-state index contributed by atoms with van der Waals surface area (Å²) in [6.07, 6.45) is 0. The van der Waals surface area contributed by atoms with Crippen molar-refractivity contribution >= 4 is 21.6 Å². The molecule has 0 bridgehead atoms. The van der Waals surface area contributed by atoms with Crippen LogP contribution in [0.25, 0.3) is 0 Å². The van der Waals surface area contributed by atoms with Gasteiger partial charge in [-0.3, -0.25) is 0 Å². The fraction of sp³-hybridized carbons (Fsp3) is 0.250. The van der Waals surface area contributed by atoms with Gasteiger partial charge in [-0.25, -0.2) is 0 Å². The minimum absolute atomic E-state index is 0.683. The maximum atomic E-state index is 5.50. The van der Waals surface area contributed by atoms with Crippen molar-refractivity contribution in [1.82, 2.24) is 0 Å². The summed E-state index contributed by atoms with van der Waals surface area (Å²) in [7, 11) is 1.66. The number of benzene rings is 2. The molecule has 0 heterocycles. The lowest BCUT2D eigenvalue weighted by Gasteiger charge is -2.10. The second-order valence-electron chi connectivity index (χ2n) is 4.28. The molecule has 0 spiro atoms. The summed E-state index contributed by atoms with van der Waals surface area (Å²) in [5.74, 6) is 1.73. The molecular weight excluding hydrogens is 318 g/mol. The Bertz CT molecular complexity index is 572. The summed E-state index contributed by atoms with van der Waals surface area (Å²) in [4.78, 5) is 0. The molecular formula is C16H18BrNO2. The standard InChI is InChI=1S/C16H18BrNO2/c1-3-20-14-6-4-5-12(9-14)11-18-13-7-8-16(19-2)15(17)10-13/h4-10,18H,3,11H2,1-2H3. The van der Waals surface area contributed by atoms with Crippen molar-refractivity contribution < 1.29 is 9.47 Å². The number of hydrogen-bond donors (Lipinski definition) is 1. The van der Waals surface area contributed by atoms with Gasteiger partial charge in [-0.2, -0.15) is 0 Å². The molecule has 4 heteroatoms. The smallest absolute Gasteiger partial charge is 0.133 e. The van der Waals surface area contributed by atoms with Crippen molar-refractivity contribution in [2.24, 2.45) is 0 Å². The highest BCUT2D eigenvalue weighted by Crippen LogP contribution is 2.28. The number of methoxy groups -OCH3 is 1. The molecule has 0 unspecified atom stereocenters. The van der Waals surface area contributed by atoms with Gasteiger partial charge in [-0.1, -0.05) is 12.1 Å². The normalized spacial score (nSPS) is 10.2. The van der Waals surface area contributed by atoms with Crippen molar-refractivity contribution in [3.63, 3.8) is 0 Å². The number of hydrogen-bond acceptors (Lipinski definition) is 3. The average Bonchev–Trinajstić information content (AvgIpc) is 2.46. The Morgan fingerprint density at radius 2 is 2.00 bits per heavy atom.